The van der Waals surface area contributed by atoms with Crippen LogP contribution in [0.15, 0.2) is 18.2 Å². The van der Waals surface area contributed by atoms with Crippen molar-refractivity contribution in [3.8, 4) is 5.75 Å². The van der Waals surface area contributed by atoms with Crippen LogP contribution in [-0.4, -0.2) is 80.3 Å². The zero-order valence-corrected chi connectivity index (χ0v) is 19.3. The fourth-order valence-electron chi connectivity index (χ4n) is 4.41. The summed E-state index contributed by atoms with van der Waals surface area (Å²) in [6.07, 6.45) is 4.74. The summed E-state index contributed by atoms with van der Waals surface area (Å²) in [5, 5.41) is 3.28. The molecule has 1 N–H and O–H groups in total. The van der Waals surface area contributed by atoms with Gasteiger partial charge in [-0.25, -0.2) is 0 Å². The van der Waals surface area contributed by atoms with Gasteiger partial charge in [-0.1, -0.05) is 11.6 Å². The lowest BCUT2D eigenvalue weighted by molar-refractivity contribution is 0.0429. The molecule has 2 saturated heterocycles. The number of nitrogens with zero attached hydrogens (tertiary/aromatic N) is 2. The lowest BCUT2D eigenvalue weighted by atomic mass is 9.98. The fraction of sp³-hybridized carbons (Fsp3) is 0.696. The van der Waals surface area contributed by atoms with Crippen LogP contribution in [0.25, 0.3) is 0 Å². The van der Waals surface area contributed by atoms with Crippen LogP contribution < -0.4 is 10.1 Å². The van der Waals surface area contributed by atoms with Crippen molar-refractivity contribution < 1.29 is 14.3 Å². The molecule has 0 radical (unpaired) electrons. The van der Waals surface area contributed by atoms with Crippen molar-refractivity contribution in [2.75, 3.05) is 46.4 Å². The summed E-state index contributed by atoms with van der Waals surface area (Å²) in [6.45, 7) is 10.1. The molecular formula is C23H36ClN3O3. The number of benzene rings is 1. The minimum atomic E-state index is -0.155. The minimum absolute atomic E-state index is 0.155. The molecule has 7 heteroatoms. The van der Waals surface area contributed by atoms with E-state index in [0.717, 1.165) is 25.9 Å². The van der Waals surface area contributed by atoms with Gasteiger partial charge in [0.2, 0.25) is 0 Å². The van der Waals surface area contributed by atoms with Crippen molar-refractivity contribution in [2.24, 2.45) is 0 Å². The molecule has 30 heavy (non-hydrogen) atoms. The predicted molar refractivity (Wildman–Crippen MR) is 121 cm³/mol. The maximum Gasteiger partial charge on any atom is 0.251 e. The SMILES string of the molecule is COCCNC(=O)c1ccc(OC2CCN(C3CCN(C(C)C)CC3)CC2)c(Cl)c1. The Bertz CT molecular complexity index is 684. The predicted octanol–water partition coefficient (Wildman–Crippen LogP) is 3.43. The Morgan fingerprint density at radius 2 is 1.87 bits per heavy atom. The standard InChI is InChI=1S/C23H36ClN3O3/c1-17(2)26-11-6-19(7-12-26)27-13-8-20(9-14-27)30-22-5-4-18(16-21(22)24)23(28)25-10-15-29-3/h4-5,16-17,19-20H,6-15H2,1-3H3,(H,25,28). The van der Waals surface area contributed by atoms with E-state index in [1.165, 1.54) is 25.9 Å². The molecule has 0 spiro atoms. The Hall–Kier alpha value is -1.34. The normalized spacial score (nSPS) is 19.9. The van der Waals surface area contributed by atoms with Crippen molar-refractivity contribution in [3.05, 3.63) is 28.8 Å². The van der Waals surface area contributed by atoms with E-state index >= 15 is 0 Å². The number of nitrogens with one attached hydrogen (secondary N) is 1. The number of hydrogen-bond acceptors (Lipinski definition) is 5. The van der Waals surface area contributed by atoms with Crippen LogP contribution >= 0.6 is 11.6 Å². The van der Waals surface area contributed by atoms with Gasteiger partial charge >= 0.3 is 0 Å². The number of likely N-dealkylation sites (tertiary alicyclic amines) is 2. The van der Waals surface area contributed by atoms with E-state index in [-0.39, 0.29) is 12.0 Å². The van der Waals surface area contributed by atoms with Gasteiger partial charge in [-0.15, -0.1) is 0 Å². The maximum absolute atomic E-state index is 12.1. The highest BCUT2D eigenvalue weighted by Gasteiger charge is 2.29. The van der Waals surface area contributed by atoms with Gasteiger partial charge in [0.25, 0.3) is 5.91 Å². The van der Waals surface area contributed by atoms with Crippen LogP contribution in [0.4, 0.5) is 0 Å². The van der Waals surface area contributed by atoms with Crippen LogP contribution in [0.1, 0.15) is 49.9 Å². The van der Waals surface area contributed by atoms with Gasteiger partial charge in [-0.2, -0.15) is 0 Å². The second kappa shape index (κ2) is 11.3. The number of hydrogen-bond donors (Lipinski definition) is 1. The molecule has 0 atom stereocenters. The Morgan fingerprint density at radius 3 is 2.47 bits per heavy atom. The Kier molecular flexibility index (Phi) is 8.81. The number of halogens is 1. The minimum Gasteiger partial charge on any atom is -0.489 e. The van der Waals surface area contributed by atoms with E-state index < -0.39 is 0 Å². The van der Waals surface area contributed by atoms with Gasteiger partial charge in [-0.05, 0) is 70.8 Å². The molecule has 0 bridgehead atoms. The molecule has 2 heterocycles. The highest BCUT2D eigenvalue weighted by molar-refractivity contribution is 6.32. The molecule has 0 aliphatic carbocycles. The molecule has 168 valence electrons. The van der Waals surface area contributed by atoms with Gasteiger partial charge in [0.05, 0.1) is 11.6 Å². The third kappa shape index (κ3) is 6.33. The smallest absolute Gasteiger partial charge is 0.251 e. The Labute approximate surface area is 185 Å². The summed E-state index contributed by atoms with van der Waals surface area (Å²) in [7, 11) is 1.61. The summed E-state index contributed by atoms with van der Waals surface area (Å²) in [6, 6.07) is 6.61. The Morgan fingerprint density at radius 1 is 1.17 bits per heavy atom. The molecule has 0 saturated carbocycles. The fourth-order valence-corrected chi connectivity index (χ4v) is 4.64. The van der Waals surface area contributed by atoms with E-state index in [4.69, 9.17) is 21.1 Å². The zero-order valence-electron chi connectivity index (χ0n) is 18.5. The summed E-state index contributed by atoms with van der Waals surface area (Å²) in [5.41, 5.74) is 0.533. The summed E-state index contributed by atoms with van der Waals surface area (Å²) >= 11 is 6.40. The van der Waals surface area contributed by atoms with Crippen LogP contribution in [-0.2, 0) is 4.74 Å². The van der Waals surface area contributed by atoms with Gasteiger partial charge < -0.3 is 24.6 Å². The molecule has 1 amide bonds. The van der Waals surface area contributed by atoms with E-state index in [2.05, 4.69) is 29.0 Å². The number of piperidine rings is 2. The van der Waals surface area contributed by atoms with Crippen molar-refractivity contribution in [1.82, 2.24) is 15.1 Å². The van der Waals surface area contributed by atoms with Gasteiger partial charge in [0, 0.05) is 44.4 Å². The second-order valence-electron chi connectivity index (χ2n) is 8.61. The van der Waals surface area contributed by atoms with Gasteiger partial charge in [-0.3, -0.25) is 4.79 Å². The highest BCUT2D eigenvalue weighted by atomic mass is 35.5. The van der Waals surface area contributed by atoms with Crippen LogP contribution in [0.2, 0.25) is 5.02 Å². The zero-order chi connectivity index (χ0) is 21.5. The maximum atomic E-state index is 12.1. The van der Waals surface area contributed by atoms with Gasteiger partial charge in [0.1, 0.15) is 11.9 Å². The first kappa shape index (κ1) is 23.3. The van der Waals surface area contributed by atoms with E-state index in [1.807, 2.05) is 6.07 Å². The molecular weight excluding hydrogens is 402 g/mol. The summed E-state index contributed by atoms with van der Waals surface area (Å²) in [4.78, 5) is 17.4. The highest BCUT2D eigenvalue weighted by Crippen LogP contribution is 2.29. The van der Waals surface area contributed by atoms with Crippen molar-refractivity contribution in [2.45, 2.75) is 57.7 Å². The van der Waals surface area contributed by atoms with Crippen LogP contribution in [0, 0.1) is 0 Å². The van der Waals surface area contributed by atoms with Crippen molar-refractivity contribution >= 4 is 17.5 Å². The lowest BCUT2D eigenvalue weighted by Gasteiger charge is -2.42. The average Bonchev–Trinajstić information content (AvgIpc) is 2.76. The van der Waals surface area contributed by atoms with Gasteiger partial charge in [0.15, 0.2) is 0 Å². The molecule has 0 aromatic heterocycles. The van der Waals surface area contributed by atoms with Crippen LogP contribution in [0.3, 0.4) is 0 Å². The number of ether oxygens (including phenoxy) is 2. The summed E-state index contributed by atoms with van der Waals surface area (Å²) < 4.78 is 11.1. The molecule has 0 unspecified atom stereocenters. The van der Waals surface area contributed by atoms with E-state index in [1.54, 1.807) is 19.2 Å². The largest absolute Gasteiger partial charge is 0.489 e. The molecule has 3 rings (SSSR count). The van der Waals surface area contributed by atoms with Crippen molar-refractivity contribution in [1.29, 1.82) is 0 Å². The third-order valence-corrected chi connectivity index (χ3v) is 6.60. The summed E-state index contributed by atoms with van der Waals surface area (Å²) in [5.74, 6) is 0.506. The first-order valence-electron chi connectivity index (χ1n) is 11.2. The topological polar surface area (TPSA) is 54.0 Å². The number of methoxy groups -OCH3 is 1. The van der Waals surface area contributed by atoms with E-state index in [9.17, 15) is 4.79 Å². The number of carbonyl (C=O) groups excluding carboxylic acids is 1. The molecule has 2 aliphatic rings. The molecule has 1 aromatic carbocycles. The average molecular weight is 438 g/mol. The second-order valence-corrected chi connectivity index (χ2v) is 9.02. The van der Waals surface area contributed by atoms with Crippen molar-refractivity contribution in [3.63, 3.8) is 0 Å². The first-order valence-corrected chi connectivity index (χ1v) is 11.6. The quantitative estimate of drug-likeness (QED) is 0.631. The molecule has 1 aromatic rings. The monoisotopic (exact) mass is 437 g/mol. The number of carbonyl (C=O) groups is 1. The first-order chi connectivity index (χ1) is 14.5. The third-order valence-electron chi connectivity index (χ3n) is 6.30. The molecule has 6 nitrogen and oxygen atoms in total. The Balaban J connectivity index is 1.45. The lowest BCUT2D eigenvalue weighted by Crippen LogP contribution is -2.50. The number of amides is 1. The van der Waals surface area contributed by atoms with Crippen LogP contribution in [0.5, 0.6) is 5.75 Å². The van der Waals surface area contributed by atoms with E-state index in [0.29, 0.717) is 41.6 Å². The molecule has 2 fully saturated rings. The number of rotatable bonds is 8. The molecule has 2 aliphatic heterocycles.